The van der Waals surface area contributed by atoms with Crippen LogP contribution in [-0.4, -0.2) is 30.5 Å². The predicted molar refractivity (Wildman–Crippen MR) is 57.0 cm³/mol. The fourth-order valence-electron chi connectivity index (χ4n) is 2.20. The van der Waals surface area contributed by atoms with Crippen LogP contribution in [0.15, 0.2) is 0 Å². The molecule has 1 heterocycles. The Morgan fingerprint density at radius 1 is 1.43 bits per heavy atom. The highest BCUT2D eigenvalue weighted by atomic mass is 16.5. The Hall–Kier alpha value is -0.120. The van der Waals surface area contributed by atoms with Gasteiger partial charge in [-0.05, 0) is 18.3 Å². The van der Waals surface area contributed by atoms with Gasteiger partial charge in [0, 0.05) is 19.1 Å². The van der Waals surface area contributed by atoms with Crippen molar-refractivity contribution in [2.75, 3.05) is 19.8 Å². The molecule has 0 aromatic carbocycles. The van der Waals surface area contributed by atoms with E-state index >= 15 is 0 Å². The Kier molecular flexibility index (Phi) is 3.56. The summed E-state index contributed by atoms with van der Waals surface area (Å²) in [6.07, 6.45) is 2.05. The zero-order chi connectivity index (χ0) is 10.8. The third-order valence-electron chi connectivity index (χ3n) is 3.45. The first kappa shape index (κ1) is 12.0. The summed E-state index contributed by atoms with van der Waals surface area (Å²) in [6.45, 7) is 7.88. The van der Waals surface area contributed by atoms with Gasteiger partial charge in [0.2, 0.25) is 0 Å². The zero-order valence-corrected chi connectivity index (χ0v) is 9.55. The minimum absolute atomic E-state index is 0.182. The Morgan fingerprint density at radius 2 is 2.07 bits per heavy atom. The highest BCUT2D eigenvalue weighted by Gasteiger charge is 2.45. The van der Waals surface area contributed by atoms with Crippen LogP contribution >= 0.6 is 0 Å². The second-order valence-corrected chi connectivity index (χ2v) is 5.29. The lowest BCUT2D eigenvalue weighted by Crippen LogP contribution is -2.56. The van der Waals surface area contributed by atoms with Crippen molar-refractivity contribution in [2.24, 2.45) is 17.1 Å². The molecule has 1 fully saturated rings. The summed E-state index contributed by atoms with van der Waals surface area (Å²) in [5.41, 5.74) is 4.73. The molecule has 3 nitrogen and oxygen atoms in total. The molecule has 1 saturated heterocycles. The highest BCUT2D eigenvalue weighted by Crippen LogP contribution is 2.39. The SMILES string of the molecule is CC(C)(C)C(O)(CN)C1CCCOC1. The van der Waals surface area contributed by atoms with E-state index in [0.717, 1.165) is 19.4 Å². The van der Waals surface area contributed by atoms with Gasteiger partial charge in [0.1, 0.15) is 0 Å². The fourth-order valence-corrected chi connectivity index (χ4v) is 2.20. The van der Waals surface area contributed by atoms with Crippen LogP contribution in [0.25, 0.3) is 0 Å². The molecular formula is C11H23NO2. The maximum Gasteiger partial charge on any atom is 0.0867 e. The quantitative estimate of drug-likeness (QED) is 0.704. The fraction of sp³-hybridized carbons (Fsp3) is 1.00. The summed E-state index contributed by atoms with van der Waals surface area (Å²) < 4.78 is 5.41. The minimum atomic E-state index is -0.798. The Bertz CT molecular complexity index is 182. The Balaban J connectivity index is 2.77. The number of hydrogen-bond acceptors (Lipinski definition) is 3. The molecule has 0 spiro atoms. The monoisotopic (exact) mass is 201 g/mol. The maximum absolute atomic E-state index is 10.6. The Labute approximate surface area is 86.6 Å². The molecule has 3 heteroatoms. The maximum atomic E-state index is 10.6. The second kappa shape index (κ2) is 4.17. The predicted octanol–water partition coefficient (Wildman–Crippen LogP) is 1.15. The lowest BCUT2D eigenvalue weighted by atomic mass is 9.67. The van der Waals surface area contributed by atoms with Crippen LogP contribution in [0.3, 0.4) is 0 Å². The van der Waals surface area contributed by atoms with Crippen molar-refractivity contribution in [3.63, 3.8) is 0 Å². The van der Waals surface area contributed by atoms with Gasteiger partial charge in [-0.15, -0.1) is 0 Å². The van der Waals surface area contributed by atoms with E-state index in [2.05, 4.69) is 0 Å². The van der Waals surface area contributed by atoms with E-state index in [1.807, 2.05) is 20.8 Å². The van der Waals surface area contributed by atoms with Crippen LogP contribution in [0.2, 0.25) is 0 Å². The molecule has 0 aromatic rings. The van der Waals surface area contributed by atoms with E-state index in [0.29, 0.717) is 13.2 Å². The molecule has 2 unspecified atom stereocenters. The van der Waals surface area contributed by atoms with E-state index in [4.69, 9.17) is 10.5 Å². The molecule has 1 aliphatic heterocycles. The van der Waals surface area contributed by atoms with Gasteiger partial charge in [-0.2, -0.15) is 0 Å². The highest BCUT2D eigenvalue weighted by molar-refractivity contribution is 4.97. The molecular weight excluding hydrogens is 178 g/mol. The van der Waals surface area contributed by atoms with Gasteiger partial charge in [0.05, 0.1) is 12.2 Å². The van der Waals surface area contributed by atoms with E-state index in [9.17, 15) is 5.11 Å². The summed E-state index contributed by atoms with van der Waals surface area (Å²) >= 11 is 0. The molecule has 14 heavy (non-hydrogen) atoms. The van der Waals surface area contributed by atoms with Crippen molar-refractivity contribution >= 4 is 0 Å². The van der Waals surface area contributed by atoms with Crippen LogP contribution in [0.5, 0.6) is 0 Å². The van der Waals surface area contributed by atoms with Crippen LogP contribution in [0.1, 0.15) is 33.6 Å². The first-order chi connectivity index (χ1) is 6.42. The summed E-state index contributed by atoms with van der Waals surface area (Å²) in [7, 11) is 0. The summed E-state index contributed by atoms with van der Waals surface area (Å²) in [4.78, 5) is 0. The summed E-state index contributed by atoms with van der Waals surface area (Å²) in [5.74, 6) is 0.182. The van der Waals surface area contributed by atoms with Crippen molar-refractivity contribution in [1.82, 2.24) is 0 Å². The molecule has 0 bridgehead atoms. The first-order valence-corrected chi connectivity index (χ1v) is 5.42. The van der Waals surface area contributed by atoms with Gasteiger partial charge >= 0.3 is 0 Å². The number of ether oxygens (including phenoxy) is 1. The molecule has 0 aromatic heterocycles. The van der Waals surface area contributed by atoms with Crippen LogP contribution in [0.4, 0.5) is 0 Å². The van der Waals surface area contributed by atoms with E-state index in [1.165, 1.54) is 0 Å². The minimum Gasteiger partial charge on any atom is -0.388 e. The zero-order valence-electron chi connectivity index (χ0n) is 9.55. The molecule has 0 saturated carbocycles. The molecule has 0 aliphatic carbocycles. The third kappa shape index (κ3) is 2.10. The standard InChI is InChI=1S/C11H23NO2/c1-10(2,3)11(13,8-12)9-5-4-6-14-7-9/h9,13H,4-8,12H2,1-3H3. The number of aliphatic hydroxyl groups is 1. The van der Waals surface area contributed by atoms with Crippen molar-refractivity contribution in [1.29, 1.82) is 0 Å². The van der Waals surface area contributed by atoms with Crippen molar-refractivity contribution < 1.29 is 9.84 Å². The van der Waals surface area contributed by atoms with Crippen molar-refractivity contribution in [3.05, 3.63) is 0 Å². The lowest BCUT2D eigenvalue weighted by Gasteiger charge is -2.46. The third-order valence-corrected chi connectivity index (χ3v) is 3.45. The second-order valence-electron chi connectivity index (χ2n) is 5.29. The average molecular weight is 201 g/mol. The normalized spacial score (nSPS) is 28.5. The molecule has 1 rings (SSSR count). The average Bonchev–Trinajstić information content (AvgIpc) is 2.16. The van der Waals surface area contributed by atoms with Gasteiger partial charge in [0.25, 0.3) is 0 Å². The smallest absolute Gasteiger partial charge is 0.0867 e. The largest absolute Gasteiger partial charge is 0.388 e. The van der Waals surface area contributed by atoms with Gasteiger partial charge in [-0.1, -0.05) is 20.8 Å². The molecule has 1 aliphatic rings. The van der Waals surface area contributed by atoms with Crippen molar-refractivity contribution in [2.45, 2.75) is 39.2 Å². The van der Waals surface area contributed by atoms with Crippen molar-refractivity contribution in [3.8, 4) is 0 Å². The Morgan fingerprint density at radius 3 is 2.43 bits per heavy atom. The molecule has 0 amide bonds. The topological polar surface area (TPSA) is 55.5 Å². The van der Waals surface area contributed by atoms with Crippen LogP contribution in [0, 0.1) is 11.3 Å². The van der Waals surface area contributed by atoms with E-state index in [1.54, 1.807) is 0 Å². The van der Waals surface area contributed by atoms with E-state index < -0.39 is 5.60 Å². The number of nitrogens with two attached hydrogens (primary N) is 1. The first-order valence-electron chi connectivity index (χ1n) is 5.42. The van der Waals surface area contributed by atoms with Gasteiger partial charge in [-0.25, -0.2) is 0 Å². The number of rotatable bonds is 2. The summed E-state index contributed by atoms with van der Waals surface area (Å²) in [5, 5.41) is 10.6. The van der Waals surface area contributed by atoms with Crippen LogP contribution < -0.4 is 5.73 Å². The van der Waals surface area contributed by atoms with Gasteiger partial charge in [0.15, 0.2) is 0 Å². The number of hydrogen-bond donors (Lipinski definition) is 2. The molecule has 2 atom stereocenters. The van der Waals surface area contributed by atoms with Gasteiger partial charge in [-0.3, -0.25) is 0 Å². The molecule has 3 N–H and O–H groups in total. The van der Waals surface area contributed by atoms with E-state index in [-0.39, 0.29) is 11.3 Å². The lowest BCUT2D eigenvalue weighted by molar-refractivity contribution is -0.133. The molecule has 84 valence electrons. The van der Waals surface area contributed by atoms with Gasteiger partial charge < -0.3 is 15.6 Å². The molecule has 0 radical (unpaired) electrons. The van der Waals surface area contributed by atoms with Crippen LogP contribution in [-0.2, 0) is 4.74 Å². The summed E-state index contributed by atoms with van der Waals surface area (Å²) in [6, 6.07) is 0.